The van der Waals surface area contributed by atoms with Gasteiger partial charge in [0.05, 0.1) is 23.1 Å². The van der Waals surface area contributed by atoms with Gasteiger partial charge in [0.1, 0.15) is 0 Å². The molecule has 0 amide bonds. The molecular weight excluding hydrogens is 318 g/mol. The average molecular weight is 335 g/mol. The van der Waals surface area contributed by atoms with E-state index in [2.05, 4.69) is 10.6 Å². The number of rotatable bonds is 4. The van der Waals surface area contributed by atoms with Gasteiger partial charge >= 0.3 is 5.97 Å². The van der Waals surface area contributed by atoms with E-state index in [1.165, 1.54) is 6.07 Å². The number of nitro benzene ring substituents is 1. The molecule has 1 aliphatic heterocycles. The van der Waals surface area contributed by atoms with Gasteiger partial charge < -0.3 is 15.4 Å². The second kappa shape index (κ2) is 6.74. The summed E-state index contributed by atoms with van der Waals surface area (Å²) in [6.07, 6.45) is 0. The van der Waals surface area contributed by atoms with E-state index >= 15 is 0 Å². The number of hydrogen-bond acceptors (Lipinski definition) is 5. The Hall–Kier alpha value is -2.48. The maximum Gasteiger partial charge on any atom is 0.338 e. The van der Waals surface area contributed by atoms with E-state index in [-0.39, 0.29) is 12.3 Å². The van der Waals surface area contributed by atoms with Crippen molar-refractivity contribution in [1.82, 2.24) is 10.6 Å². The molecule has 1 heterocycles. The summed E-state index contributed by atoms with van der Waals surface area (Å²) in [6.45, 7) is 5.33. The van der Waals surface area contributed by atoms with Crippen molar-refractivity contribution < 1.29 is 14.5 Å². The van der Waals surface area contributed by atoms with Gasteiger partial charge in [-0.05, 0) is 38.6 Å². The Labute approximate surface area is 138 Å². The van der Waals surface area contributed by atoms with Crippen LogP contribution in [-0.4, -0.2) is 22.6 Å². The molecule has 1 aliphatic rings. The Morgan fingerprint density at radius 3 is 2.74 bits per heavy atom. The first kappa shape index (κ1) is 16.9. The first-order valence-corrected chi connectivity index (χ1v) is 7.46. The molecule has 2 rings (SSSR count). The molecule has 0 radical (unpaired) electrons. The highest BCUT2D eigenvalue weighted by Gasteiger charge is 2.31. The molecule has 23 heavy (non-hydrogen) atoms. The number of esters is 1. The van der Waals surface area contributed by atoms with Crippen molar-refractivity contribution in [2.24, 2.45) is 0 Å². The number of carbonyl (C=O) groups is 1. The molecule has 8 heteroatoms. The summed E-state index contributed by atoms with van der Waals surface area (Å²) in [7, 11) is 0. The van der Waals surface area contributed by atoms with Crippen LogP contribution in [0.1, 0.15) is 31.0 Å². The van der Waals surface area contributed by atoms with E-state index in [1.54, 1.807) is 32.9 Å². The van der Waals surface area contributed by atoms with Gasteiger partial charge in [0.15, 0.2) is 5.11 Å². The molecule has 122 valence electrons. The number of thiocarbonyl (C=S) groups is 1. The standard InChI is InChI=1S/C15H17N3O4S/c1-4-22-14(19)12-9(3)16-15(23)17-13(12)10-6-5-8(2)11(7-10)18(20)21/h5-7,13H,4H2,1-3H3,(H2,16,17,23)/t13-/m1/s1. The van der Waals surface area contributed by atoms with Gasteiger partial charge in [-0.2, -0.15) is 0 Å². The Balaban J connectivity index is 2.52. The average Bonchev–Trinajstić information content (AvgIpc) is 2.46. The highest BCUT2D eigenvalue weighted by Crippen LogP contribution is 2.31. The van der Waals surface area contributed by atoms with Crippen LogP contribution in [0.3, 0.4) is 0 Å². The zero-order chi connectivity index (χ0) is 17.1. The number of hydrogen-bond donors (Lipinski definition) is 2. The molecule has 2 N–H and O–H groups in total. The third-order valence-corrected chi connectivity index (χ3v) is 3.75. The molecule has 0 aliphatic carbocycles. The second-order valence-electron chi connectivity index (χ2n) is 5.09. The minimum absolute atomic E-state index is 0.00499. The molecule has 7 nitrogen and oxygen atoms in total. The van der Waals surface area contributed by atoms with E-state index in [0.717, 1.165) is 0 Å². The highest BCUT2D eigenvalue weighted by molar-refractivity contribution is 7.80. The van der Waals surface area contributed by atoms with Crippen LogP contribution in [0.25, 0.3) is 0 Å². The molecule has 0 saturated carbocycles. The lowest BCUT2D eigenvalue weighted by Gasteiger charge is -2.29. The number of allylic oxidation sites excluding steroid dienone is 1. The molecular formula is C15H17N3O4S. The first-order valence-electron chi connectivity index (χ1n) is 7.05. The van der Waals surface area contributed by atoms with Crippen LogP contribution in [0.4, 0.5) is 5.69 Å². The van der Waals surface area contributed by atoms with Crippen molar-refractivity contribution in [3.8, 4) is 0 Å². The minimum Gasteiger partial charge on any atom is -0.463 e. The smallest absolute Gasteiger partial charge is 0.338 e. The number of carbonyl (C=O) groups excluding carboxylic acids is 1. The van der Waals surface area contributed by atoms with Gasteiger partial charge in [0, 0.05) is 17.3 Å². The predicted octanol–water partition coefficient (Wildman–Crippen LogP) is 2.26. The summed E-state index contributed by atoms with van der Waals surface area (Å²) in [4.78, 5) is 22.9. The topological polar surface area (TPSA) is 93.5 Å². The minimum atomic E-state index is -0.595. The Morgan fingerprint density at radius 1 is 1.43 bits per heavy atom. The Morgan fingerprint density at radius 2 is 2.13 bits per heavy atom. The van der Waals surface area contributed by atoms with E-state index in [9.17, 15) is 14.9 Å². The van der Waals surface area contributed by atoms with Crippen molar-refractivity contribution in [2.45, 2.75) is 26.8 Å². The SMILES string of the molecule is CCOC(=O)C1=C(C)NC(=S)N[C@@H]1c1ccc(C)c([N+](=O)[O-])c1. The number of benzene rings is 1. The van der Waals surface area contributed by atoms with Gasteiger partial charge in [0.25, 0.3) is 5.69 Å². The van der Waals surface area contributed by atoms with Crippen molar-refractivity contribution >= 4 is 29.0 Å². The maximum absolute atomic E-state index is 12.2. The predicted molar refractivity (Wildman–Crippen MR) is 88.8 cm³/mol. The van der Waals surface area contributed by atoms with Gasteiger partial charge in [0.2, 0.25) is 0 Å². The van der Waals surface area contributed by atoms with Crippen molar-refractivity contribution in [2.75, 3.05) is 6.61 Å². The first-order chi connectivity index (χ1) is 10.8. The van der Waals surface area contributed by atoms with Crippen molar-refractivity contribution in [3.05, 3.63) is 50.7 Å². The van der Waals surface area contributed by atoms with Crippen LogP contribution in [0.5, 0.6) is 0 Å². The van der Waals surface area contributed by atoms with E-state index in [0.29, 0.717) is 27.5 Å². The van der Waals surface area contributed by atoms with Gasteiger partial charge in [-0.15, -0.1) is 0 Å². The molecule has 0 fully saturated rings. The Kier molecular flexibility index (Phi) is 4.95. The molecule has 0 saturated heterocycles. The summed E-state index contributed by atoms with van der Waals surface area (Å²) < 4.78 is 5.09. The normalized spacial score (nSPS) is 17.3. The fourth-order valence-electron chi connectivity index (χ4n) is 2.43. The largest absolute Gasteiger partial charge is 0.463 e. The zero-order valence-electron chi connectivity index (χ0n) is 13.0. The highest BCUT2D eigenvalue weighted by atomic mass is 32.1. The fraction of sp³-hybridized carbons (Fsp3) is 0.333. The van der Waals surface area contributed by atoms with Crippen LogP contribution in [0.15, 0.2) is 29.5 Å². The zero-order valence-corrected chi connectivity index (χ0v) is 13.8. The quantitative estimate of drug-likeness (QED) is 0.377. The third-order valence-electron chi connectivity index (χ3n) is 3.53. The number of nitro groups is 1. The van der Waals surface area contributed by atoms with E-state index in [1.807, 2.05) is 0 Å². The number of nitrogens with one attached hydrogen (secondary N) is 2. The van der Waals surface area contributed by atoms with E-state index in [4.69, 9.17) is 17.0 Å². The van der Waals surface area contributed by atoms with Gasteiger partial charge in [-0.25, -0.2) is 4.79 Å². The number of aryl methyl sites for hydroxylation is 1. The lowest BCUT2D eigenvalue weighted by atomic mass is 9.94. The van der Waals surface area contributed by atoms with Gasteiger partial charge in [-0.1, -0.05) is 12.1 Å². The molecule has 1 aromatic rings. The fourth-order valence-corrected chi connectivity index (χ4v) is 2.70. The Bertz CT molecular complexity index is 715. The monoisotopic (exact) mass is 335 g/mol. The van der Waals surface area contributed by atoms with Crippen molar-refractivity contribution in [1.29, 1.82) is 0 Å². The molecule has 0 bridgehead atoms. The van der Waals surface area contributed by atoms with Gasteiger partial charge in [-0.3, -0.25) is 10.1 Å². The number of ether oxygens (including phenoxy) is 1. The second-order valence-corrected chi connectivity index (χ2v) is 5.50. The molecule has 0 aromatic heterocycles. The molecule has 1 atom stereocenters. The summed E-state index contributed by atoms with van der Waals surface area (Å²) in [5, 5.41) is 17.4. The van der Waals surface area contributed by atoms with Crippen LogP contribution < -0.4 is 10.6 Å². The van der Waals surface area contributed by atoms with Crippen LogP contribution in [0, 0.1) is 17.0 Å². The summed E-state index contributed by atoms with van der Waals surface area (Å²) in [5.74, 6) is -0.485. The lowest BCUT2D eigenvalue weighted by Crippen LogP contribution is -2.45. The molecule has 1 aromatic carbocycles. The van der Waals surface area contributed by atoms with Crippen LogP contribution in [-0.2, 0) is 9.53 Å². The molecule has 0 unspecified atom stereocenters. The van der Waals surface area contributed by atoms with Crippen LogP contribution in [0.2, 0.25) is 0 Å². The summed E-state index contributed by atoms with van der Waals surface area (Å²) in [5.41, 5.74) is 2.05. The summed E-state index contributed by atoms with van der Waals surface area (Å²) >= 11 is 5.13. The number of nitrogens with zero attached hydrogens (tertiary/aromatic N) is 1. The van der Waals surface area contributed by atoms with Crippen molar-refractivity contribution in [3.63, 3.8) is 0 Å². The lowest BCUT2D eigenvalue weighted by molar-refractivity contribution is -0.385. The molecule has 0 spiro atoms. The van der Waals surface area contributed by atoms with Crippen LogP contribution >= 0.6 is 12.2 Å². The third kappa shape index (κ3) is 3.48. The maximum atomic E-state index is 12.2. The van der Waals surface area contributed by atoms with E-state index < -0.39 is 16.9 Å². The summed E-state index contributed by atoms with van der Waals surface area (Å²) in [6, 6.07) is 4.24.